The zero-order valence-corrected chi connectivity index (χ0v) is 20.1. The molecule has 3 aromatic heterocycles. The molecule has 0 bridgehead atoms. The maximum absolute atomic E-state index is 12.2. The molecule has 0 spiro atoms. The summed E-state index contributed by atoms with van der Waals surface area (Å²) in [7, 11) is 1.77. The molecule has 6 heteroatoms. The van der Waals surface area contributed by atoms with Crippen molar-refractivity contribution in [3.63, 3.8) is 0 Å². The lowest BCUT2D eigenvalue weighted by atomic mass is 9.99. The fourth-order valence-corrected chi connectivity index (χ4v) is 4.31. The Morgan fingerprint density at radius 3 is 2.67 bits per heavy atom. The molecule has 170 valence electrons. The van der Waals surface area contributed by atoms with E-state index in [2.05, 4.69) is 53.8 Å². The van der Waals surface area contributed by atoms with Crippen LogP contribution >= 0.6 is 0 Å². The van der Waals surface area contributed by atoms with Gasteiger partial charge in [0.25, 0.3) is 5.56 Å². The van der Waals surface area contributed by atoms with Gasteiger partial charge in [0, 0.05) is 79.4 Å². The van der Waals surface area contributed by atoms with E-state index < -0.39 is 0 Å². The van der Waals surface area contributed by atoms with Crippen LogP contribution in [-0.2, 0) is 20.0 Å². The number of pyridine rings is 2. The van der Waals surface area contributed by atoms with Crippen molar-refractivity contribution in [2.75, 3.05) is 6.54 Å². The van der Waals surface area contributed by atoms with Gasteiger partial charge in [-0.1, -0.05) is 13.0 Å². The monoisotopic (exact) mass is 441 g/mol. The minimum atomic E-state index is -0.0429. The molecule has 6 nitrogen and oxygen atoms in total. The summed E-state index contributed by atoms with van der Waals surface area (Å²) in [5.41, 5.74) is 8.70. The van der Waals surface area contributed by atoms with Crippen LogP contribution in [0.25, 0.3) is 17.2 Å². The van der Waals surface area contributed by atoms with E-state index in [4.69, 9.17) is 4.98 Å². The number of aryl methyl sites for hydroxylation is 2. The van der Waals surface area contributed by atoms with Crippen molar-refractivity contribution in [1.82, 2.24) is 24.4 Å². The first-order valence-corrected chi connectivity index (χ1v) is 11.4. The van der Waals surface area contributed by atoms with Gasteiger partial charge in [-0.3, -0.25) is 19.3 Å². The third-order valence-electron chi connectivity index (χ3n) is 6.03. The first kappa shape index (κ1) is 22.6. The van der Waals surface area contributed by atoms with E-state index in [9.17, 15) is 4.79 Å². The van der Waals surface area contributed by atoms with E-state index >= 15 is 0 Å². The summed E-state index contributed by atoms with van der Waals surface area (Å²) in [6.45, 7) is 9.86. The minimum absolute atomic E-state index is 0.0429. The number of hydrogen-bond donors (Lipinski definition) is 0. The quantitative estimate of drug-likeness (QED) is 0.541. The molecule has 0 N–H and O–H groups in total. The van der Waals surface area contributed by atoms with Gasteiger partial charge in [-0.05, 0) is 62.1 Å². The Bertz CT molecular complexity index is 1300. The van der Waals surface area contributed by atoms with E-state index in [0.717, 1.165) is 59.6 Å². The Balaban J connectivity index is 1.65. The lowest BCUT2D eigenvalue weighted by Crippen LogP contribution is -2.31. The van der Waals surface area contributed by atoms with Gasteiger partial charge in [-0.15, -0.1) is 0 Å². The van der Waals surface area contributed by atoms with Crippen LogP contribution in [0.3, 0.4) is 0 Å². The van der Waals surface area contributed by atoms with E-state index in [-0.39, 0.29) is 5.56 Å². The molecule has 0 saturated carbocycles. The summed E-state index contributed by atoms with van der Waals surface area (Å²) < 4.78 is 1.59. The Morgan fingerprint density at radius 2 is 1.91 bits per heavy atom. The highest BCUT2D eigenvalue weighted by molar-refractivity contribution is 5.63. The first-order valence-electron chi connectivity index (χ1n) is 11.4. The van der Waals surface area contributed by atoms with Gasteiger partial charge in [0.1, 0.15) is 5.82 Å². The van der Waals surface area contributed by atoms with E-state index in [1.54, 1.807) is 17.7 Å². The zero-order valence-electron chi connectivity index (χ0n) is 20.1. The number of hydrogen-bond acceptors (Lipinski definition) is 5. The van der Waals surface area contributed by atoms with Crippen LogP contribution in [0.5, 0.6) is 0 Å². The van der Waals surface area contributed by atoms with Crippen molar-refractivity contribution < 1.29 is 0 Å². The molecule has 0 aromatic carbocycles. The van der Waals surface area contributed by atoms with Crippen molar-refractivity contribution in [3.8, 4) is 11.1 Å². The molecular formula is C27H31N5O. The predicted octanol–water partition coefficient (Wildman–Crippen LogP) is 4.61. The van der Waals surface area contributed by atoms with Crippen LogP contribution in [0.15, 0.2) is 58.9 Å². The molecule has 33 heavy (non-hydrogen) atoms. The highest BCUT2D eigenvalue weighted by Crippen LogP contribution is 2.28. The van der Waals surface area contributed by atoms with Crippen molar-refractivity contribution in [2.24, 2.45) is 7.05 Å². The van der Waals surface area contributed by atoms with Crippen LogP contribution in [0.2, 0.25) is 0 Å². The Kier molecular flexibility index (Phi) is 6.54. The van der Waals surface area contributed by atoms with Crippen molar-refractivity contribution >= 4 is 6.08 Å². The molecule has 1 aliphatic rings. The van der Waals surface area contributed by atoms with Gasteiger partial charge in [-0.2, -0.15) is 0 Å². The van der Waals surface area contributed by atoms with Crippen LogP contribution in [-0.4, -0.2) is 31.0 Å². The molecule has 4 heterocycles. The molecule has 0 atom stereocenters. The van der Waals surface area contributed by atoms with Crippen molar-refractivity contribution in [3.05, 3.63) is 92.8 Å². The molecule has 3 aromatic rings. The van der Waals surface area contributed by atoms with Gasteiger partial charge in [0.05, 0.1) is 0 Å². The number of aromatic nitrogens is 4. The molecule has 1 aliphatic heterocycles. The lowest BCUT2D eigenvalue weighted by Gasteiger charge is -2.33. The van der Waals surface area contributed by atoms with Crippen LogP contribution in [0.4, 0.5) is 0 Å². The summed E-state index contributed by atoms with van der Waals surface area (Å²) in [5, 5.41) is 0. The molecule has 0 fully saturated rings. The Morgan fingerprint density at radius 1 is 1.12 bits per heavy atom. The van der Waals surface area contributed by atoms with Gasteiger partial charge in [0.15, 0.2) is 0 Å². The van der Waals surface area contributed by atoms with E-state index in [0.29, 0.717) is 5.82 Å². The van der Waals surface area contributed by atoms with Gasteiger partial charge < -0.3 is 4.90 Å². The number of rotatable bonds is 5. The second-order valence-electron chi connectivity index (χ2n) is 8.73. The highest BCUT2D eigenvalue weighted by atomic mass is 16.1. The highest BCUT2D eigenvalue weighted by Gasteiger charge is 2.21. The summed E-state index contributed by atoms with van der Waals surface area (Å²) in [6, 6.07) is 5.95. The summed E-state index contributed by atoms with van der Waals surface area (Å²) in [4.78, 5) is 28.3. The summed E-state index contributed by atoms with van der Waals surface area (Å²) in [6.07, 6.45) is 11.8. The Labute approximate surface area is 195 Å². The molecule has 0 aliphatic carbocycles. The number of allylic oxidation sites excluding steroid dienone is 2. The van der Waals surface area contributed by atoms with E-state index in [1.165, 1.54) is 11.3 Å². The summed E-state index contributed by atoms with van der Waals surface area (Å²) in [5.74, 6) is 0.674. The lowest BCUT2D eigenvalue weighted by molar-refractivity contribution is 0.324. The molecular weight excluding hydrogens is 410 g/mol. The van der Waals surface area contributed by atoms with Gasteiger partial charge in [-0.25, -0.2) is 4.98 Å². The first-order chi connectivity index (χ1) is 15.9. The van der Waals surface area contributed by atoms with Crippen LogP contribution in [0.1, 0.15) is 48.6 Å². The topological polar surface area (TPSA) is 63.9 Å². The maximum atomic E-state index is 12.2. The second-order valence-corrected chi connectivity index (χ2v) is 8.73. The van der Waals surface area contributed by atoms with Crippen molar-refractivity contribution in [1.29, 1.82) is 0 Å². The molecule has 4 rings (SSSR count). The average molecular weight is 442 g/mol. The van der Waals surface area contributed by atoms with Gasteiger partial charge in [0.2, 0.25) is 0 Å². The molecule has 0 unspecified atom stereocenters. The minimum Gasteiger partial charge on any atom is -0.367 e. The SMILES string of the molecule is CC/C=C(/C(C)=C\c1nc(C)cc(=O)n1C)N1CCc2ncc(-c3cncc(C)c3)cc2C1. The van der Waals surface area contributed by atoms with Crippen LogP contribution < -0.4 is 5.56 Å². The summed E-state index contributed by atoms with van der Waals surface area (Å²) >= 11 is 0. The van der Waals surface area contributed by atoms with Crippen molar-refractivity contribution in [2.45, 2.75) is 47.1 Å². The van der Waals surface area contributed by atoms with Gasteiger partial charge >= 0.3 is 0 Å². The fraction of sp³-hybridized carbons (Fsp3) is 0.333. The third-order valence-corrected chi connectivity index (χ3v) is 6.03. The molecule has 0 radical (unpaired) electrons. The number of nitrogens with zero attached hydrogens (tertiary/aromatic N) is 5. The van der Waals surface area contributed by atoms with E-state index in [1.807, 2.05) is 31.6 Å². The second kappa shape index (κ2) is 9.53. The fourth-order valence-electron chi connectivity index (χ4n) is 4.31. The number of fused-ring (bicyclic) bond motifs is 1. The zero-order chi connectivity index (χ0) is 23.5. The largest absolute Gasteiger partial charge is 0.367 e. The average Bonchev–Trinajstić information content (AvgIpc) is 2.80. The Hall–Kier alpha value is -3.54. The molecule has 0 saturated heterocycles. The maximum Gasteiger partial charge on any atom is 0.253 e. The standard InChI is InChI=1S/C27H31N5O/c1-6-7-25(19(3)11-26-30-20(4)12-27(33)31(26)5)32-9-8-24-23(17-32)13-22(16-29-24)21-10-18(2)14-28-15-21/h7,10-16H,6,8-9,17H2,1-5H3/b19-11-,25-7-. The third kappa shape index (κ3) is 4.95. The normalized spacial score (nSPS) is 14.4. The smallest absolute Gasteiger partial charge is 0.253 e. The van der Waals surface area contributed by atoms with Crippen LogP contribution in [0, 0.1) is 13.8 Å². The molecule has 0 amide bonds. The predicted molar refractivity (Wildman–Crippen MR) is 133 cm³/mol.